The van der Waals surface area contributed by atoms with Gasteiger partial charge in [0.25, 0.3) is 0 Å². The molecule has 11 nitrogen and oxygen atoms in total. The Morgan fingerprint density at radius 1 is 0.506 bits per heavy atom. The van der Waals surface area contributed by atoms with Crippen molar-refractivity contribution < 1.29 is 49.3 Å². The summed E-state index contributed by atoms with van der Waals surface area (Å²) in [5.74, 6) is -1.27. The third-order valence-electron chi connectivity index (χ3n) is 14.2. The fraction of sp³-hybridized carbons (Fsp3) is 0.706. The van der Waals surface area contributed by atoms with Gasteiger partial charge in [-0.25, -0.2) is 0 Å². The molecule has 0 radical (unpaired) electrons. The quantitative estimate of drug-likeness (QED) is 0.0195. The summed E-state index contributed by atoms with van der Waals surface area (Å²) in [6.45, 7) is 5.59. The van der Waals surface area contributed by atoms with Gasteiger partial charge in [0.1, 0.15) is 24.4 Å². The number of rotatable bonds is 52. The molecule has 1 fully saturated rings. The average molecular weight is 1110 g/mol. The molecule has 11 heteroatoms. The van der Waals surface area contributed by atoms with Crippen LogP contribution in [0.25, 0.3) is 0 Å². The van der Waals surface area contributed by atoms with Gasteiger partial charge < -0.3 is 45.1 Å². The molecule has 1 aliphatic rings. The van der Waals surface area contributed by atoms with Crippen LogP contribution in [-0.2, 0) is 23.8 Å². The van der Waals surface area contributed by atoms with E-state index in [0.29, 0.717) is 12.8 Å². The van der Waals surface area contributed by atoms with Gasteiger partial charge in [0.15, 0.2) is 12.4 Å². The summed E-state index contributed by atoms with van der Waals surface area (Å²) in [6.07, 6.45) is 64.2. The first-order valence-electron chi connectivity index (χ1n) is 31.7. The minimum atomic E-state index is -1.63. The van der Waals surface area contributed by atoms with Gasteiger partial charge in [-0.15, -0.1) is 0 Å². The van der Waals surface area contributed by atoms with Crippen molar-refractivity contribution in [3.05, 3.63) is 109 Å². The number of nitrogens with one attached hydrogen (secondary N) is 1. The molecule has 0 aliphatic carbocycles. The van der Waals surface area contributed by atoms with E-state index in [9.17, 15) is 35.1 Å². The van der Waals surface area contributed by atoms with Crippen LogP contribution in [0.1, 0.15) is 245 Å². The normalized spacial score (nSPS) is 19.6. The summed E-state index contributed by atoms with van der Waals surface area (Å²) < 4.78 is 17.6. The van der Waals surface area contributed by atoms with E-state index in [1.807, 2.05) is 18.2 Å². The third kappa shape index (κ3) is 42.8. The van der Waals surface area contributed by atoms with Crippen LogP contribution in [0.5, 0.6) is 0 Å². The maximum atomic E-state index is 13.4. The SMILES string of the molecule is CC/C=C\C/C=C\C/C=C\C/C=C\C/C=C\CCC(O)C(=O)NC(COC1OC(CO)C(O)C(O)C1OC(=O)CCCCCCCCCCCC/C=C\C/C=C\C/C=C\CCCCC)C(O)/C=C/CCCCCCCCCCC. The maximum absolute atomic E-state index is 13.4. The lowest BCUT2D eigenvalue weighted by molar-refractivity contribution is -0.305. The zero-order valence-corrected chi connectivity index (χ0v) is 50.0. The topological polar surface area (TPSA) is 175 Å². The van der Waals surface area contributed by atoms with Crippen molar-refractivity contribution in [1.82, 2.24) is 5.32 Å². The highest BCUT2D eigenvalue weighted by atomic mass is 16.7. The Kier molecular flexibility index (Phi) is 50.9. The average Bonchev–Trinajstić information content (AvgIpc) is 3.45. The molecule has 0 aromatic rings. The molecule has 1 rings (SSSR count). The molecular weight excluding hydrogens is 991 g/mol. The number of hydrogen-bond acceptors (Lipinski definition) is 10. The summed E-state index contributed by atoms with van der Waals surface area (Å²) >= 11 is 0. The van der Waals surface area contributed by atoms with Crippen molar-refractivity contribution in [3.63, 3.8) is 0 Å². The molecule has 0 spiro atoms. The maximum Gasteiger partial charge on any atom is 0.306 e. The Hall–Kier alpha value is -3.68. The highest BCUT2D eigenvalue weighted by molar-refractivity contribution is 5.80. The van der Waals surface area contributed by atoms with Gasteiger partial charge in [0.05, 0.1) is 25.4 Å². The van der Waals surface area contributed by atoms with Crippen LogP contribution in [0.15, 0.2) is 109 Å². The minimum absolute atomic E-state index is 0.107. The lowest BCUT2D eigenvalue weighted by Gasteiger charge is -2.41. The predicted molar refractivity (Wildman–Crippen MR) is 328 cm³/mol. The lowest BCUT2D eigenvalue weighted by Crippen LogP contribution is -2.61. The van der Waals surface area contributed by atoms with Crippen LogP contribution in [0.2, 0.25) is 0 Å². The van der Waals surface area contributed by atoms with Crippen LogP contribution < -0.4 is 5.32 Å². The Bertz CT molecular complexity index is 1700. The molecule has 1 amide bonds. The largest absolute Gasteiger partial charge is 0.454 e. The minimum Gasteiger partial charge on any atom is -0.454 e. The van der Waals surface area contributed by atoms with E-state index in [-0.39, 0.29) is 19.4 Å². The second-order valence-corrected chi connectivity index (χ2v) is 21.4. The van der Waals surface area contributed by atoms with E-state index < -0.39 is 67.4 Å². The number of carbonyl (C=O) groups excluding carboxylic acids is 2. The van der Waals surface area contributed by atoms with Crippen LogP contribution in [-0.4, -0.2) is 99.6 Å². The Morgan fingerprint density at radius 3 is 1.39 bits per heavy atom. The standard InChI is InChI=1S/C68H115NO10/c1-4-7-10-13-16-19-22-24-26-28-29-30-31-32-33-34-36-38-41-44-47-50-53-56-63(73)79-66-65(75)64(74)62(57-70)78-68(66)77-58-59(60(71)54-51-48-45-42-39-21-18-15-12-9-6-3)69-67(76)61(72)55-52-49-46-43-40-37-35-27-25-23-20-17-14-11-8-5-2/h8,11,16-17,19-20,24-27,29-30,37,40,46,49,51,54,59-62,64-66,68,70-72,74-75H,4-7,9-10,12-15,18,21-23,28,31-36,38-39,41-45,47-48,50,52-53,55-58H2,1-3H3,(H,69,76)/b11-8-,19-16-,20-17-,26-24-,27-25-,30-29-,40-37-,49-46-,54-51+. The molecular formula is C68H115NO10. The molecule has 79 heavy (non-hydrogen) atoms. The van der Waals surface area contributed by atoms with Crippen molar-refractivity contribution in [2.24, 2.45) is 0 Å². The first-order chi connectivity index (χ1) is 38.7. The second-order valence-electron chi connectivity index (χ2n) is 21.4. The smallest absolute Gasteiger partial charge is 0.306 e. The number of allylic oxidation sites excluding steroid dienone is 17. The second kappa shape index (κ2) is 54.9. The predicted octanol–water partition coefficient (Wildman–Crippen LogP) is 15.3. The van der Waals surface area contributed by atoms with Crippen molar-refractivity contribution in [2.75, 3.05) is 13.2 Å². The first kappa shape index (κ1) is 73.3. The fourth-order valence-electron chi connectivity index (χ4n) is 9.16. The lowest BCUT2D eigenvalue weighted by atomic mass is 9.99. The molecule has 0 aromatic carbocycles. The summed E-state index contributed by atoms with van der Waals surface area (Å²) in [5, 5.41) is 56.9. The highest BCUT2D eigenvalue weighted by Crippen LogP contribution is 2.26. The van der Waals surface area contributed by atoms with Gasteiger partial charge in [-0.3, -0.25) is 9.59 Å². The molecule has 1 saturated heterocycles. The fourth-order valence-corrected chi connectivity index (χ4v) is 9.16. The highest BCUT2D eigenvalue weighted by Gasteiger charge is 2.47. The number of esters is 1. The molecule has 8 atom stereocenters. The third-order valence-corrected chi connectivity index (χ3v) is 14.2. The van der Waals surface area contributed by atoms with E-state index in [0.717, 1.165) is 103 Å². The van der Waals surface area contributed by atoms with Gasteiger partial charge >= 0.3 is 5.97 Å². The molecule has 0 bridgehead atoms. The number of aliphatic hydroxyl groups is 5. The number of carbonyl (C=O) groups is 2. The Labute approximate surface area is 481 Å². The number of unbranched alkanes of at least 4 members (excludes halogenated alkanes) is 22. The first-order valence-corrected chi connectivity index (χ1v) is 31.7. The monoisotopic (exact) mass is 1110 g/mol. The van der Waals surface area contributed by atoms with Gasteiger partial charge in [-0.2, -0.15) is 0 Å². The van der Waals surface area contributed by atoms with E-state index in [1.54, 1.807) is 6.08 Å². The summed E-state index contributed by atoms with van der Waals surface area (Å²) in [5.41, 5.74) is 0. The molecule has 1 aliphatic heterocycles. The summed E-state index contributed by atoms with van der Waals surface area (Å²) in [7, 11) is 0. The molecule has 1 heterocycles. The summed E-state index contributed by atoms with van der Waals surface area (Å²) in [6, 6.07) is -1.06. The van der Waals surface area contributed by atoms with Gasteiger partial charge in [0.2, 0.25) is 5.91 Å². The molecule has 6 N–H and O–H groups in total. The molecule has 8 unspecified atom stereocenters. The van der Waals surface area contributed by atoms with E-state index >= 15 is 0 Å². The number of amides is 1. The Balaban J connectivity index is 2.66. The van der Waals surface area contributed by atoms with Crippen molar-refractivity contribution in [1.29, 1.82) is 0 Å². The van der Waals surface area contributed by atoms with Crippen molar-refractivity contribution in [2.45, 2.75) is 294 Å². The number of hydrogen-bond donors (Lipinski definition) is 6. The summed E-state index contributed by atoms with van der Waals surface area (Å²) in [4.78, 5) is 26.5. The van der Waals surface area contributed by atoms with Crippen LogP contribution >= 0.6 is 0 Å². The van der Waals surface area contributed by atoms with Gasteiger partial charge in [0, 0.05) is 6.42 Å². The Morgan fingerprint density at radius 2 is 0.911 bits per heavy atom. The number of aliphatic hydroxyl groups excluding tert-OH is 5. The van der Waals surface area contributed by atoms with Crippen LogP contribution in [0.3, 0.4) is 0 Å². The molecule has 452 valence electrons. The van der Waals surface area contributed by atoms with Gasteiger partial charge in [-0.05, 0) is 103 Å². The van der Waals surface area contributed by atoms with E-state index in [1.165, 1.54) is 96.3 Å². The molecule has 0 saturated carbocycles. The van der Waals surface area contributed by atoms with E-state index in [4.69, 9.17) is 14.2 Å². The van der Waals surface area contributed by atoms with Crippen LogP contribution in [0, 0.1) is 0 Å². The van der Waals surface area contributed by atoms with Crippen molar-refractivity contribution in [3.8, 4) is 0 Å². The zero-order valence-electron chi connectivity index (χ0n) is 50.0. The molecule has 0 aromatic heterocycles. The van der Waals surface area contributed by atoms with Crippen LogP contribution in [0.4, 0.5) is 0 Å². The van der Waals surface area contributed by atoms with Crippen molar-refractivity contribution >= 4 is 11.9 Å². The van der Waals surface area contributed by atoms with E-state index in [2.05, 4.69) is 111 Å². The van der Waals surface area contributed by atoms with Gasteiger partial charge in [-0.1, -0.05) is 246 Å². The number of ether oxygens (including phenoxy) is 3. The zero-order chi connectivity index (χ0) is 57.5.